The van der Waals surface area contributed by atoms with Crippen molar-refractivity contribution < 1.29 is 18.0 Å². The highest BCUT2D eigenvalue weighted by Crippen LogP contribution is 2.33. The van der Waals surface area contributed by atoms with Crippen LogP contribution in [0.4, 0.5) is 13.2 Å². The topological polar surface area (TPSA) is 76.0 Å². The van der Waals surface area contributed by atoms with E-state index in [1.54, 1.807) is 0 Å². The fraction of sp³-hybridized carbons (Fsp3) is 0.389. The molecule has 1 aromatic heterocycles. The zero-order chi connectivity index (χ0) is 19.6. The van der Waals surface area contributed by atoms with Crippen LogP contribution in [0.25, 0.3) is 5.69 Å². The Kier molecular flexibility index (Phi) is 6.84. The standard InChI is InChI=1S/C18H19F3N4O2.ClH/c1-11-10-15(26)16(17(27)23-12-6-8-22-9-7-12)24-25(11)14-5-3-2-4-13(14)18(19,20)21;/h2-5,10,12,22H,6-9H2,1H3,(H,23,27);1H. The van der Waals surface area contributed by atoms with Crippen molar-refractivity contribution >= 4 is 18.3 Å². The molecule has 28 heavy (non-hydrogen) atoms. The molecule has 6 nitrogen and oxygen atoms in total. The number of alkyl halides is 3. The van der Waals surface area contributed by atoms with Gasteiger partial charge < -0.3 is 10.6 Å². The number of benzene rings is 1. The summed E-state index contributed by atoms with van der Waals surface area (Å²) >= 11 is 0. The largest absolute Gasteiger partial charge is 0.418 e. The van der Waals surface area contributed by atoms with Crippen LogP contribution in [0.5, 0.6) is 0 Å². The quantitative estimate of drug-likeness (QED) is 0.806. The zero-order valence-corrected chi connectivity index (χ0v) is 15.9. The van der Waals surface area contributed by atoms with Crippen molar-refractivity contribution in [1.29, 1.82) is 0 Å². The molecule has 2 heterocycles. The van der Waals surface area contributed by atoms with Crippen molar-refractivity contribution in [3.05, 3.63) is 57.5 Å². The SMILES string of the molecule is Cc1cc(=O)c(C(=O)NC2CCNCC2)nn1-c1ccccc1C(F)(F)F.Cl. The third kappa shape index (κ3) is 4.71. The summed E-state index contributed by atoms with van der Waals surface area (Å²) in [7, 11) is 0. The van der Waals surface area contributed by atoms with E-state index in [-0.39, 0.29) is 29.8 Å². The van der Waals surface area contributed by atoms with Gasteiger partial charge in [-0.15, -0.1) is 12.4 Å². The number of para-hydroxylation sites is 1. The number of carbonyl (C=O) groups excluding carboxylic acids is 1. The van der Waals surface area contributed by atoms with E-state index < -0.39 is 28.8 Å². The van der Waals surface area contributed by atoms with E-state index in [1.807, 2.05) is 0 Å². The van der Waals surface area contributed by atoms with Gasteiger partial charge >= 0.3 is 6.18 Å². The highest BCUT2D eigenvalue weighted by atomic mass is 35.5. The molecule has 1 aromatic carbocycles. The summed E-state index contributed by atoms with van der Waals surface area (Å²) in [5.41, 5.74) is -1.97. The predicted octanol–water partition coefficient (Wildman–Crippen LogP) is 2.46. The van der Waals surface area contributed by atoms with E-state index in [2.05, 4.69) is 15.7 Å². The Morgan fingerprint density at radius 1 is 1.25 bits per heavy atom. The van der Waals surface area contributed by atoms with Gasteiger partial charge in [-0.05, 0) is 45.0 Å². The van der Waals surface area contributed by atoms with Gasteiger partial charge in [-0.2, -0.15) is 18.3 Å². The lowest BCUT2D eigenvalue weighted by Gasteiger charge is -2.23. The lowest BCUT2D eigenvalue weighted by molar-refractivity contribution is -0.137. The minimum absolute atomic E-state index is 0. The van der Waals surface area contributed by atoms with Crippen LogP contribution >= 0.6 is 12.4 Å². The summed E-state index contributed by atoms with van der Waals surface area (Å²) in [5, 5.41) is 9.86. The predicted molar refractivity (Wildman–Crippen MR) is 100 cm³/mol. The monoisotopic (exact) mass is 416 g/mol. The molecule has 1 aliphatic rings. The molecule has 1 fully saturated rings. The lowest BCUT2D eigenvalue weighted by atomic mass is 10.1. The van der Waals surface area contributed by atoms with E-state index in [0.29, 0.717) is 12.8 Å². The molecule has 0 radical (unpaired) electrons. The van der Waals surface area contributed by atoms with Crippen LogP contribution in [0.15, 0.2) is 35.1 Å². The Balaban J connectivity index is 0.00000280. The zero-order valence-electron chi connectivity index (χ0n) is 15.0. The fourth-order valence-corrected chi connectivity index (χ4v) is 3.07. The number of hydrogen-bond acceptors (Lipinski definition) is 4. The molecule has 1 aliphatic heterocycles. The molecule has 10 heteroatoms. The molecule has 1 saturated heterocycles. The summed E-state index contributed by atoms with van der Waals surface area (Å²) in [5.74, 6) is -0.676. The normalized spacial score (nSPS) is 15.0. The number of hydrogen-bond donors (Lipinski definition) is 2. The maximum Gasteiger partial charge on any atom is 0.418 e. The summed E-state index contributed by atoms with van der Waals surface area (Å²) in [6, 6.07) is 5.92. The number of amides is 1. The highest BCUT2D eigenvalue weighted by molar-refractivity contribution is 5.92. The average Bonchev–Trinajstić information content (AvgIpc) is 2.62. The molecular formula is C18H20ClF3N4O2. The number of carbonyl (C=O) groups is 1. The van der Waals surface area contributed by atoms with E-state index in [1.165, 1.54) is 25.1 Å². The molecule has 2 N–H and O–H groups in total. The molecule has 3 rings (SSSR count). The maximum absolute atomic E-state index is 13.3. The van der Waals surface area contributed by atoms with Crippen molar-refractivity contribution in [2.24, 2.45) is 0 Å². The first-order valence-corrected chi connectivity index (χ1v) is 8.56. The number of nitrogens with zero attached hydrogens (tertiary/aromatic N) is 2. The Hall–Kier alpha value is -2.39. The molecule has 0 bridgehead atoms. The average molecular weight is 417 g/mol. The van der Waals surface area contributed by atoms with Gasteiger partial charge in [0.1, 0.15) is 0 Å². The molecule has 152 valence electrons. The number of nitrogens with one attached hydrogen (secondary N) is 2. The number of aromatic nitrogens is 2. The van der Waals surface area contributed by atoms with Gasteiger partial charge in [0, 0.05) is 17.8 Å². The van der Waals surface area contributed by atoms with E-state index in [4.69, 9.17) is 0 Å². The van der Waals surface area contributed by atoms with Crippen LogP contribution in [-0.2, 0) is 6.18 Å². The first kappa shape index (κ1) is 21.9. The van der Waals surface area contributed by atoms with Gasteiger partial charge in [0.25, 0.3) is 5.91 Å². The van der Waals surface area contributed by atoms with Crippen LogP contribution in [0.1, 0.15) is 34.6 Å². The number of halogens is 4. The number of piperidine rings is 1. The third-order valence-electron chi connectivity index (χ3n) is 4.43. The van der Waals surface area contributed by atoms with Crippen molar-refractivity contribution in [3.8, 4) is 5.69 Å². The third-order valence-corrected chi connectivity index (χ3v) is 4.43. The van der Waals surface area contributed by atoms with E-state index in [0.717, 1.165) is 29.9 Å². The summed E-state index contributed by atoms with van der Waals surface area (Å²) in [6.45, 7) is 2.96. The molecule has 2 aromatic rings. The van der Waals surface area contributed by atoms with Gasteiger partial charge in [-0.3, -0.25) is 9.59 Å². The first-order chi connectivity index (χ1) is 12.8. The van der Waals surface area contributed by atoms with Gasteiger partial charge in [-0.1, -0.05) is 12.1 Å². The second-order valence-electron chi connectivity index (χ2n) is 6.42. The second-order valence-corrected chi connectivity index (χ2v) is 6.42. The molecule has 0 atom stereocenters. The summed E-state index contributed by atoms with van der Waals surface area (Å²) in [6.07, 6.45) is -3.17. The molecule has 0 spiro atoms. The lowest BCUT2D eigenvalue weighted by Crippen LogP contribution is -2.44. The van der Waals surface area contributed by atoms with Crippen molar-refractivity contribution in [3.63, 3.8) is 0 Å². The number of aryl methyl sites for hydroxylation is 1. The van der Waals surface area contributed by atoms with Gasteiger partial charge in [-0.25, -0.2) is 4.68 Å². The second kappa shape index (κ2) is 8.74. The minimum Gasteiger partial charge on any atom is -0.348 e. The molecule has 0 unspecified atom stereocenters. The molecular weight excluding hydrogens is 397 g/mol. The van der Waals surface area contributed by atoms with Crippen LogP contribution in [-0.4, -0.2) is 34.8 Å². The van der Waals surface area contributed by atoms with Crippen LogP contribution < -0.4 is 16.1 Å². The van der Waals surface area contributed by atoms with Crippen LogP contribution in [0.3, 0.4) is 0 Å². The molecule has 0 aliphatic carbocycles. The Bertz CT molecular complexity index is 908. The van der Waals surface area contributed by atoms with Crippen LogP contribution in [0.2, 0.25) is 0 Å². The Morgan fingerprint density at radius 2 is 1.89 bits per heavy atom. The Labute approximate surface area is 165 Å². The van der Waals surface area contributed by atoms with E-state index in [9.17, 15) is 22.8 Å². The highest BCUT2D eigenvalue weighted by Gasteiger charge is 2.34. The van der Waals surface area contributed by atoms with Crippen molar-refractivity contribution in [1.82, 2.24) is 20.4 Å². The molecule has 1 amide bonds. The summed E-state index contributed by atoms with van der Waals surface area (Å²) < 4.78 is 41.0. The maximum atomic E-state index is 13.3. The number of rotatable bonds is 3. The summed E-state index contributed by atoms with van der Waals surface area (Å²) in [4.78, 5) is 24.7. The van der Waals surface area contributed by atoms with Gasteiger partial charge in [0.15, 0.2) is 5.69 Å². The van der Waals surface area contributed by atoms with Crippen LogP contribution in [0, 0.1) is 6.92 Å². The van der Waals surface area contributed by atoms with Crippen molar-refractivity contribution in [2.75, 3.05) is 13.1 Å². The first-order valence-electron chi connectivity index (χ1n) is 8.56. The van der Waals surface area contributed by atoms with Crippen molar-refractivity contribution in [2.45, 2.75) is 32.0 Å². The van der Waals surface area contributed by atoms with E-state index >= 15 is 0 Å². The van der Waals surface area contributed by atoms with Gasteiger partial charge in [0.2, 0.25) is 5.43 Å². The Morgan fingerprint density at radius 3 is 2.54 bits per heavy atom. The fourth-order valence-electron chi connectivity index (χ4n) is 3.07. The van der Waals surface area contributed by atoms with Gasteiger partial charge in [0.05, 0.1) is 11.3 Å². The molecule has 0 saturated carbocycles. The smallest absolute Gasteiger partial charge is 0.348 e. The minimum atomic E-state index is -4.59.